The van der Waals surface area contributed by atoms with Crippen LogP contribution < -0.4 is 26.2 Å². The second kappa shape index (κ2) is 10.6. The Balaban J connectivity index is 1.18. The number of carbonyl (C=O) groups is 2. The molecule has 2 fully saturated rings. The molecule has 1 aromatic carbocycles. The molecule has 1 aliphatic carbocycles. The van der Waals surface area contributed by atoms with Gasteiger partial charge in [-0.15, -0.1) is 0 Å². The van der Waals surface area contributed by atoms with Gasteiger partial charge < -0.3 is 25.1 Å². The van der Waals surface area contributed by atoms with Crippen LogP contribution in [0.2, 0.25) is 0 Å². The minimum Gasteiger partial charge on any atom is -0.480 e. The molecule has 3 atom stereocenters. The molecule has 2 aliphatic heterocycles. The summed E-state index contributed by atoms with van der Waals surface area (Å²) in [5.74, 6) is 0.864. The third-order valence-corrected chi connectivity index (χ3v) is 7.88. The Labute approximate surface area is 229 Å². The van der Waals surface area contributed by atoms with Gasteiger partial charge in [-0.25, -0.2) is 9.78 Å². The number of aromatic nitrogens is 2. The Bertz CT molecular complexity index is 1580. The lowest BCUT2D eigenvalue weighted by Gasteiger charge is -2.39. The molecule has 0 spiro atoms. The zero-order valence-electron chi connectivity index (χ0n) is 21.8. The average Bonchev–Trinajstić information content (AvgIpc) is 3.30. The Morgan fingerprint density at radius 1 is 1.12 bits per heavy atom. The molecule has 1 saturated carbocycles. The van der Waals surface area contributed by atoms with Crippen LogP contribution in [0.5, 0.6) is 5.75 Å². The number of hydrogen-bond acceptors (Lipinski definition) is 9. The molecule has 3 aromatic rings. The first-order valence-corrected chi connectivity index (χ1v) is 13.4. The lowest BCUT2D eigenvalue weighted by atomic mass is 9.87. The summed E-state index contributed by atoms with van der Waals surface area (Å²) in [4.78, 5) is 45.8. The van der Waals surface area contributed by atoms with Crippen LogP contribution in [-0.4, -0.2) is 70.9 Å². The van der Waals surface area contributed by atoms with Crippen LogP contribution >= 0.6 is 0 Å². The maximum atomic E-state index is 13.0. The number of nitrogens with zero attached hydrogens (tertiary/aromatic N) is 5. The van der Waals surface area contributed by atoms with Crippen LogP contribution in [0.25, 0.3) is 10.9 Å². The fraction of sp³-hybridized carbons (Fsp3) is 0.393. The smallest absolute Gasteiger partial charge is 0.416 e. The van der Waals surface area contributed by atoms with Crippen LogP contribution in [0.1, 0.15) is 24.8 Å². The number of nitrogens with two attached hydrogens (primary N) is 1. The summed E-state index contributed by atoms with van der Waals surface area (Å²) in [6.07, 6.45) is 1.34. The number of rotatable bonds is 7. The van der Waals surface area contributed by atoms with Crippen molar-refractivity contribution in [3.8, 4) is 11.8 Å². The molecule has 2 amide bonds. The maximum Gasteiger partial charge on any atom is 0.416 e. The van der Waals surface area contributed by atoms with Crippen LogP contribution in [0.4, 0.5) is 16.4 Å². The van der Waals surface area contributed by atoms with Gasteiger partial charge in [-0.1, -0.05) is 6.07 Å². The number of ether oxygens (including phenoxy) is 2. The third kappa shape index (κ3) is 4.74. The summed E-state index contributed by atoms with van der Waals surface area (Å²) in [5.41, 5.74) is 7.07. The van der Waals surface area contributed by atoms with Crippen molar-refractivity contribution in [2.75, 3.05) is 36.5 Å². The summed E-state index contributed by atoms with van der Waals surface area (Å²) in [6.45, 7) is 2.04. The quantitative estimate of drug-likeness (QED) is 0.454. The van der Waals surface area contributed by atoms with Crippen molar-refractivity contribution in [1.29, 1.82) is 5.26 Å². The van der Waals surface area contributed by atoms with Gasteiger partial charge in [0, 0.05) is 44.7 Å². The summed E-state index contributed by atoms with van der Waals surface area (Å²) in [7, 11) is 0. The highest BCUT2D eigenvalue weighted by Crippen LogP contribution is 2.38. The van der Waals surface area contributed by atoms with Crippen LogP contribution in [-0.2, 0) is 16.1 Å². The monoisotopic (exact) mass is 543 g/mol. The molecule has 12 nitrogen and oxygen atoms in total. The van der Waals surface area contributed by atoms with Gasteiger partial charge in [0.2, 0.25) is 0 Å². The standard InChI is InChI=1S/C28H29N7O5/c29-9-10-33(11-12-34-21-13-17(15-30)1-2-18(21)3-8-26(34)37)19-4-5-20-23(14-19)40-28(38)35(20)24-7-6-22-27(31-24)32-25(36)16-39-22/h1-3,6-8,13,19-20,23H,4-5,9-12,14,16,29H2,(H,31,32,36)/t19-,20-,23-/m1/s1. The molecule has 1 saturated heterocycles. The van der Waals surface area contributed by atoms with Gasteiger partial charge in [-0.2, -0.15) is 5.26 Å². The van der Waals surface area contributed by atoms with E-state index >= 15 is 0 Å². The lowest BCUT2D eigenvalue weighted by Crippen LogP contribution is -2.49. The summed E-state index contributed by atoms with van der Waals surface area (Å²) in [6, 6.07) is 14.1. The number of benzene rings is 1. The highest BCUT2D eigenvalue weighted by atomic mass is 16.6. The third-order valence-electron chi connectivity index (χ3n) is 7.88. The van der Waals surface area contributed by atoms with E-state index in [1.165, 1.54) is 0 Å². The minimum atomic E-state index is -0.466. The second-order valence-electron chi connectivity index (χ2n) is 10.2. The Hall–Kier alpha value is -4.47. The van der Waals surface area contributed by atoms with Gasteiger partial charge >= 0.3 is 6.09 Å². The van der Waals surface area contributed by atoms with Gasteiger partial charge in [-0.3, -0.25) is 19.4 Å². The molecule has 0 bridgehead atoms. The number of pyridine rings is 2. The first-order valence-electron chi connectivity index (χ1n) is 13.4. The largest absolute Gasteiger partial charge is 0.480 e. The number of amides is 2. The lowest BCUT2D eigenvalue weighted by molar-refractivity contribution is -0.118. The summed E-state index contributed by atoms with van der Waals surface area (Å²) >= 11 is 0. The van der Waals surface area contributed by atoms with E-state index in [-0.39, 0.29) is 36.3 Å². The molecule has 3 aliphatic rings. The molecule has 3 N–H and O–H groups in total. The van der Waals surface area contributed by atoms with Crippen molar-refractivity contribution < 1.29 is 19.1 Å². The zero-order valence-corrected chi connectivity index (χ0v) is 21.8. The van der Waals surface area contributed by atoms with Crippen molar-refractivity contribution in [2.24, 2.45) is 5.73 Å². The van der Waals surface area contributed by atoms with E-state index in [0.29, 0.717) is 62.0 Å². The SMILES string of the molecule is N#Cc1ccc2ccc(=O)n(CCN(CCN)[C@@H]3CC[C@@H]4[C@@H](C3)OC(=O)N4c3ccc4c(n3)NC(=O)CO4)c2c1. The van der Waals surface area contributed by atoms with Crippen molar-refractivity contribution in [3.05, 3.63) is 58.4 Å². The van der Waals surface area contributed by atoms with Crippen LogP contribution in [0.3, 0.4) is 0 Å². The van der Waals surface area contributed by atoms with Gasteiger partial charge in [-0.05, 0) is 48.6 Å². The van der Waals surface area contributed by atoms with E-state index in [0.717, 1.165) is 17.3 Å². The molecule has 40 heavy (non-hydrogen) atoms. The molecule has 0 radical (unpaired) electrons. The zero-order chi connectivity index (χ0) is 27.8. The molecule has 4 heterocycles. The molecule has 0 unspecified atom stereocenters. The summed E-state index contributed by atoms with van der Waals surface area (Å²) in [5, 5.41) is 12.9. The number of hydrogen-bond donors (Lipinski definition) is 2. The van der Waals surface area contributed by atoms with Gasteiger partial charge in [0.25, 0.3) is 11.5 Å². The number of anilines is 2. The predicted molar refractivity (Wildman–Crippen MR) is 146 cm³/mol. The Morgan fingerprint density at radius 3 is 2.80 bits per heavy atom. The van der Waals surface area contributed by atoms with E-state index < -0.39 is 6.09 Å². The van der Waals surface area contributed by atoms with Crippen LogP contribution in [0, 0.1) is 11.3 Å². The number of fused-ring (bicyclic) bond motifs is 3. The Kier molecular flexibility index (Phi) is 6.83. The maximum absolute atomic E-state index is 13.0. The van der Waals surface area contributed by atoms with Crippen molar-refractivity contribution in [1.82, 2.24) is 14.5 Å². The molecule has 6 rings (SSSR count). The van der Waals surface area contributed by atoms with Crippen molar-refractivity contribution in [3.63, 3.8) is 0 Å². The number of nitrogens with one attached hydrogen (secondary N) is 1. The molecule has 12 heteroatoms. The van der Waals surface area contributed by atoms with E-state index in [1.807, 2.05) is 6.07 Å². The minimum absolute atomic E-state index is 0.0682. The van der Waals surface area contributed by atoms with Gasteiger partial charge in [0.05, 0.1) is 23.2 Å². The summed E-state index contributed by atoms with van der Waals surface area (Å²) < 4.78 is 12.9. The first kappa shape index (κ1) is 25.8. The first-order chi connectivity index (χ1) is 19.4. The normalized spacial score (nSPS) is 21.8. The number of nitriles is 1. The molecule has 206 valence electrons. The van der Waals surface area contributed by atoms with Gasteiger partial charge in [0.15, 0.2) is 18.2 Å². The van der Waals surface area contributed by atoms with Crippen molar-refractivity contribution in [2.45, 2.75) is 44.0 Å². The second-order valence-corrected chi connectivity index (χ2v) is 10.2. The van der Waals surface area contributed by atoms with E-state index in [9.17, 15) is 19.6 Å². The highest BCUT2D eigenvalue weighted by Gasteiger charge is 2.47. The molecule has 2 aromatic heterocycles. The predicted octanol–water partition coefficient (Wildman–Crippen LogP) is 1.81. The highest BCUT2D eigenvalue weighted by molar-refractivity contribution is 5.95. The van der Waals surface area contributed by atoms with Crippen molar-refractivity contribution >= 4 is 34.5 Å². The average molecular weight is 544 g/mol. The Morgan fingerprint density at radius 2 is 1.98 bits per heavy atom. The van der Waals surface area contributed by atoms with Gasteiger partial charge in [0.1, 0.15) is 11.9 Å². The van der Waals surface area contributed by atoms with E-state index in [4.69, 9.17) is 15.2 Å². The molecular weight excluding hydrogens is 514 g/mol. The fourth-order valence-electron chi connectivity index (χ4n) is 5.98. The topological polar surface area (TPSA) is 156 Å². The fourth-order valence-corrected chi connectivity index (χ4v) is 5.98. The van der Waals surface area contributed by atoms with Crippen LogP contribution in [0.15, 0.2) is 47.3 Å². The molecular formula is C28H29N7O5. The number of carbonyl (C=O) groups excluding carboxylic acids is 2. The van der Waals surface area contributed by atoms with E-state index in [1.54, 1.807) is 45.9 Å². The van der Waals surface area contributed by atoms with E-state index in [2.05, 4.69) is 21.3 Å².